The number of aromatic nitrogens is 5. The molecule has 3 aromatic heterocycles. The molecular weight excluding hydrogens is 473 g/mol. The highest BCUT2D eigenvalue weighted by atomic mass is 32.2. The van der Waals surface area contributed by atoms with Gasteiger partial charge >= 0.3 is 0 Å². The number of rotatable bonds is 6. The number of hydrogen-bond donors (Lipinski definition) is 2. The number of nitrogens with zero attached hydrogens (tertiary/aromatic N) is 5. The highest BCUT2D eigenvalue weighted by molar-refractivity contribution is 7.92. The minimum atomic E-state index is -4.04. The number of likely N-dealkylation sites (tertiary alicyclic amines) is 1. The average Bonchev–Trinajstić information content (AvgIpc) is 3.23. The summed E-state index contributed by atoms with van der Waals surface area (Å²) in [5.41, 5.74) is 1.35. The van der Waals surface area contributed by atoms with E-state index in [9.17, 15) is 12.8 Å². The summed E-state index contributed by atoms with van der Waals surface area (Å²) in [5, 5.41) is 7.58. The molecule has 0 amide bonds. The molecule has 0 bridgehead atoms. The van der Waals surface area contributed by atoms with E-state index in [0.717, 1.165) is 25.9 Å². The first-order chi connectivity index (χ1) is 16.8. The van der Waals surface area contributed by atoms with Crippen molar-refractivity contribution in [2.75, 3.05) is 24.9 Å². The molecule has 1 fully saturated rings. The molecule has 1 aromatic carbocycles. The van der Waals surface area contributed by atoms with Gasteiger partial charge in [-0.25, -0.2) is 14.4 Å². The van der Waals surface area contributed by atoms with Crippen LogP contribution in [0, 0.1) is 12.7 Å². The topological polar surface area (TPSA) is 126 Å². The number of anilines is 1. The van der Waals surface area contributed by atoms with Crippen LogP contribution in [0.2, 0.25) is 0 Å². The zero-order valence-corrected chi connectivity index (χ0v) is 20.0. The third kappa shape index (κ3) is 4.80. The molecule has 4 heterocycles. The number of pyridine rings is 1. The van der Waals surface area contributed by atoms with Gasteiger partial charge in [0.15, 0.2) is 16.5 Å². The molecular formula is C23H24FN7O3S. The molecule has 35 heavy (non-hydrogen) atoms. The predicted octanol–water partition coefficient (Wildman–Crippen LogP) is 3.14. The molecule has 12 heteroatoms. The number of aromatic amines is 1. The van der Waals surface area contributed by atoms with Crippen LogP contribution < -0.4 is 9.46 Å². The molecule has 0 aliphatic carbocycles. The Kier molecular flexibility index (Phi) is 6.07. The molecule has 0 saturated carbocycles. The smallest absolute Gasteiger partial charge is 0.279 e. The number of ether oxygens (including phenoxy) is 1. The van der Waals surface area contributed by atoms with E-state index in [1.54, 1.807) is 12.1 Å². The highest BCUT2D eigenvalue weighted by Crippen LogP contribution is 2.31. The van der Waals surface area contributed by atoms with Crippen molar-refractivity contribution in [3.05, 3.63) is 54.1 Å². The van der Waals surface area contributed by atoms with Gasteiger partial charge in [0, 0.05) is 24.8 Å². The lowest BCUT2D eigenvalue weighted by atomic mass is 10.1. The standard InChI is InChI=1S/C23H24FN7O3S/c1-14-20-22(29-28-14)26-21(27-23(20)34-16-8-11-31(2)12-9-16)15-6-7-18(17(24)13-15)30-35(32,33)19-5-3-4-10-25-19/h3-7,10,13,16,30H,8-9,11-12H2,1-2H3,(H,26,27,28,29). The van der Waals surface area contributed by atoms with Gasteiger partial charge in [-0.15, -0.1) is 0 Å². The Bertz CT molecular complexity index is 1470. The summed E-state index contributed by atoms with van der Waals surface area (Å²) >= 11 is 0. The fourth-order valence-corrected chi connectivity index (χ4v) is 4.97. The van der Waals surface area contributed by atoms with E-state index in [1.807, 2.05) is 6.92 Å². The van der Waals surface area contributed by atoms with E-state index in [1.165, 1.54) is 30.5 Å². The zero-order valence-electron chi connectivity index (χ0n) is 19.2. The maximum Gasteiger partial charge on any atom is 0.279 e. The Morgan fingerprint density at radius 2 is 1.97 bits per heavy atom. The van der Waals surface area contributed by atoms with Crippen LogP contribution >= 0.6 is 0 Å². The summed E-state index contributed by atoms with van der Waals surface area (Å²) in [6.07, 6.45) is 3.10. The van der Waals surface area contributed by atoms with Crippen molar-refractivity contribution in [2.45, 2.75) is 30.9 Å². The van der Waals surface area contributed by atoms with E-state index in [4.69, 9.17) is 4.74 Å². The molecule has 1 aliphatic heterocycles. The number of aryl methyl sites for hydroxylation is 1. The lowest BCUT2D eigenvalue weighted by molar-refractivity contribution is 0.111. The molecule has 4 aromatic rings. The number of piperidine rings is 1. The van der Waals surface area contributed by atoms with E-state index in [-0.39, 0.29) is 22.6 Å². The molecule has 0 unspecified atom stereocenters. The van der Waals surface area contributed by atoms with Crippen LogP contribution in [-0.2, 0) is 10.0 Å². The van der Waals surface area contributed by atoms with Gasteiger partial charge in [0.1, 0.15) is 17.3 Å². The minimum Gasteiger partial charge on any atom is -0.474 e. The second-order valence-corrected chi connectivity index (χ2v) is 10.1. The van der Waals surface area contributed by atoms with Gasteiger partial charge in [-0.05, 0) is 57.1 Å². The van der Waals surface area contributed by atoms with Crippen LogP contribution in [0.4, 0.5) is 10.1 Å². The van der Waals surface area contributed by atoms with Crippen molar-refractivity contribution >= 4 is 26.7 Å². The van der Waals surface area contributed by atoms with Gasteiger partial charge in [-0.2, -0.15) is 18.5 Å². The molecule has 0 spiro atoms. The van der Waals surface area contributed by atoms with Gasteiger partial charge in [0.05, 0.1) is 11.4 Å². The highest BCUT2D eigenvalue weighted by Gasteiger charge is 2.23. The summed E-state index contributed by atoms with van der Waals surface area (Å²) in [5.74, 6) is -0.141. The lowest BCUT2D eigenvalue weighted by Gasteiger charge is -2.29. The van der Waals surface area contributed by atoms with Crippen molar-refractivity contribution in [3.63, 3.8) is 0 Å². The summed E-state index contributed by atoms with van der Waals surface area (Å²) < 4.78 is 48.5. The van der Waals surface area contributed by atoms with Crippen molar-refractivity contribution in [1.82, 2.24) is 30.0 Å². The van der Waals surface area contributed by atoms with Crippen LogP contribution in [0.5, 0.6) is 5.88 Å². The molecule has 182 valence electrons. The number of H-pyrrole nitrogens is 1. The van der Waals surface area contributed by atoms with Crippen LogP contribution in [-0.4, -0.2) is 64.7 Å². The van der Waals surface area contributed by atoms with Crippen molar-refractivity contribution < 1.29 is 17.5 Å². The van der Waals surface area contributed by atoms with Crippen LogP contribution in [0.1, 0.15) is 18.5 Å². The maximum atomic E-state index is 15.0. The Morgan fingerprint density at radius 1 is 1.17 bits per heavy atom. The number of halogens is 1. The van der Waals surface area contributed by atoms with Crippen LogP contribution in [0.15, 0.2) is 47.6 Å². The SMILES string of the molecule is Cc1n[nH]c2nc(-c3ccc(NS(=O)(=O)c4ccccn4)c(F)c3)nc(OC3CCN(C)CC3)c12. The van der Waals surface area contributed by atoms with Gasteiger partial charge < -0.3 is 9.64 Å². The molecule has 5 rings (SSSR count). The molecule has 10 nitrogen and oxygen atoms in total. The third-order valence-electron chi connectivity index (χ3n) is 5.90. The van der Waals surface area contributed by atoms with Gasteiger partial charge in [0.25, 0.3) is 10.0 Å². The molecule has 0 atom stereocenters. The third-order valence-corrected chi connectivity index (χ3v) is 7.18. The van der Waals surface area contributed by atoms with E-state index in [0.29, 0.717) is 28.2 Å². The normalized spacial score (nSPS) is 15.4. The zero-order chi connectivity index (χ0) is 24.6. The summed E-state index contributed by atoms with van der Waals surface area (Å²) in [6.45, 7) is 3.69. The number of hydrogen-bond acceptors (Lipinski definition) is 8. The monoisotopic (exact) mass is 497 g/mol. The Labute approximate surface area is 201 Å². The number of benzene rings is 1. The summed E-state index contributed by atoms with van der Waals surface area (Å²) in [4.78, 5) is 15.1. The fourth-order valence-electron chi connectivity index (χ4n) is 3.95. The van der Waals surface area contributed by atoms with E-state index in [2.05, 4.69) is 41.8 Å². The molecule has 1 saturated heterocycles. The fraction of sp³-hybridized carbons (Fsp3) is 0.304. The van der Waals surface area contributed by atoms with Crippen molar-refractivity contribution in [2.24, 2.45) is 0 Å². The van der Waals surface area contributed by atoms with E-state index < -0.39 is 15.8 Å². The summed E-state index contributed by atoms with van der Waals surface area (Å²) in [6, 6.07) is 8.52. The maximum absolute atomic E-state index is 15.0. The predicted molar refractivity (Wildman–Crippen MR) is 128 cm³/mol. The van der Waals surface area contributed by atoms with E-state index >= 15 is 0 Å². The Balaban J connectivity index is 1.46. The first kappa shape index (κ1) is 23.1. The van der Waals surface area contributed by atoms with Gasteiger partial charge in [0.2, 0.25) is 5.88 Å². The second-order valence-electron chi connectivity index (χ2n) is 8.47. The summed E-state index contributed by atoms with van der Waals surface area (Å²) in [7, 11) is -1.96. The van der Waals surface area contributed by atoms with Crippen LogP contribution in [0.25, 0.3) is 22.4 Å². The van der Waals surface area contributed by atoms with Gasteiger partial charge in [-0.3, -0.25) is 9.82 Å². The molecule has 1 aliphatic rings. The Morgan fingerprint density at radius 3 is 2.69 bits per heavy atom. The first-order valence-corrected chi connectivity index (χ1v) is 12.6. The number of sulfonamides is 1. The molecule has 2 N–H and O–H groups in total. The quantitative estimate of drug-likeness (QED) is 0.416. The van der Waals surface area contributed by atoms with Crippen molar-refractivity contribution in [1.29, 1.82) is 0 Å². The number of nitrogens with one attached hydrogen (secondary N) is 2. The van der Waals surface area contributed by atoms with Crippen LogP contribution in [0.3, 0.4) is 0 Å². The lowest BCUT2D eigenvalue weighted by Crippen LogP contribution is -2.35. The largest absolute Gasteiger partial charge is 0.474 e. The Hall–Kier alpha value is -3.64. The number of fused-ring (bicyclic) bond motifs is 1. The average molecular weight is 498 g/mol. The second kappa shape index (κ2) is 9.19. The van der Waals surface area contributed by atoms with Crippen molar-refractivity contribution in [3.8, 4) is 17.3 Å². The molecule has 0 radical (unpaired) electrons. The van der Waals surface area contributed by atoms with Gasteiger partial charge in [-0.1, -0.05) is 6.07 Å². The first-order valence-electron chi connectivity index (χ1n) is 11.1. The minimum absolute atomic E-state index is 0.00608.